The molecule has 5 rings (SSSR count). The maximum Gasteiger partial charge on any atom is 0.266 e. The highest BCUT2D eigenvalue weighted by atomic mass is 35.5. The molecule has 0 N–H and O–H groups in total. The highest BCUT2D eigenvalue weighted by Gasteiger charge is 2.32. The van der Waals surface area contributed by atoms with Gasteiger partial charge in [-0.2, -0.15) is 5.10 Å². The van der Waals surface area contributed by atoms with Crippen LogP contribution >= 0.6 is 35.6 Å². The van der Waals surface area contributed by atoms with Crippen molar-refractivity contribution in [2.45, 2.75) is 32.8 Å². The maximum atomic E-state index is 13.2. The second-order valence-corrected chi connectivity index (χ2v) is 11.2. The summed E-state index contributed by atoms with van der Waals surface area (Å²) in [5.74, 6) is 0.693. The van der Waals surface area contributed by atoms with Crippen LogP contribution in [0.25, 0.3) is 23.0 Å². The Morgan fingerprint density at radius 1 is 1.00 bits per heavy atom. The Bertz CT molecular complexity index is 1500. The number of unbranched alkanes of at least 4 members (excludes halogenated alkanes) is 2. The van der Waals surface area contributed by atoms with Crippen molar-refractivity contribution in [3.05, 3.63) is 106 Å². The highest BCUT2D eigenvalue weighted by Crippen LogP contribution is 2.35. The van der Waals surface area contributed by atoms with Gasteiger partial charge < -0.3 is 4.74 Å². The lowest BCUT2D eigenvalue weighted by atomic mass is 10.1. The minimum absolute atomic E-state index is 0.0390. The largest absolute Gasteiger partial charge is 0.489 e. The average Bonchev–Trinajstić information content (AvgIpc) is 3.50. The molecule has 0 saturated carbocycles. The first-order valence-electron chi connectivity index (χ1n) is 12.9. The quantitative estimate of drug-likeness (QED) is 0.109. The van der Waals surface area contributed by atoms with Gasteiger partial charge in [0.2, 0.25) is 0 Å². The van der Waals surface area contributed by atoms with Crippen molar-refractivity contribution in [3.63, 3.8) is 0 Å². The molecule has 0 unspecified atom stereocenters. The average molecular weight is 574 g/mol. The smallest absolute Gasteiger partial charge is 0.266 e. The van der Waals surface area contributed by atoms with E-state index in [2.05, 4.69) is 6.92 Å². The number of carbonyl (C=O) groups excluding carboxylic acids is 1. The Balaban J connectivity index is 1.42. The molecule has 198 valence electrons. The van der Waals surface area contributed by atoms with Crippen LogP contribution in [0.4, 0.5) is 0 Å². The molecular formula is C31H28ClN3O2S2. The Hall–Kier alpha value is -3.39. The first-order chi connectivity index (χ1) is 19.0. The van der Waals surface area contributed by atoms with E-state index in [-0.39, 0.29) is 5.91 Å². The Morgan fingerprint density at radius 3 is 2.49 bits per heavy atom. The van der Waals surface area contributed by atoms with Crippen LogP contribution in [0.1, 0.15) is 37.3 Å². The van der Waals surface area contributed by atoms with Crippen molar-refractivity contribution in [2.24, 2.45) is 0 Å². The number of carbonyl (C=O) groups is 1. The third-order valence-electron chi connectivity index (χ3n) is 6.39. The zero-order valence-corrected chi connectivity index (χ0v) is 23.9. The number of hydrogen-bond donors (Lipinski definition) is 0. The normalized spacial score (nSPS) is 14.4. The number of para-hydroxylation sites is 1. The van der Waals surface area contributed by atoms with E-state index in [1.165, 1.54) is 11.8 Å². The summed E-state index contributed by atoms with van der Waals surface area (Å²) in [6.45, 7) is 3.18. The number of amides is 1. The van der Waals surface area contributed by atoms with Crippen LogP contribution < -0.4 is 4.74 Å². The molecule has 2 heterocycles. The van der Waals surface area contributed by atoms with E-state index in [1.807, 2.05) is 95.8 Å². The van der Waals surface area contributed by atoms with E-state index in [9.17, 15) is 4.79 Å². The molecule has 1 aliphatic heterocycles. The fourth-order valence-corrected chi connectivity index (χ4v) is 5.76. The maximum absolute atomic E-state index is 13.2. The summed E-state index contributed by atoms with van der Waals surface area (Å²) in [6, 6.07) is 25.4. The standard InChI is InChI=1S/C31H28ClN3O2S2/c1-2-3-9-18-34-30(36)28(39-31(34)38)19-24-20-35(25-11-5-4-6-12-25)33-29(24)22-14-16-26(17-15-22)37-21-23-10-7-8-13-27(23)32/h4-8,10-17,19-20H,2-3,9,18,21H2,1H3. The Kier molecular flexibility index (Phi) is 8.81. The second kappa shape index (κ2) is 12.6. The molecule has 3 aromatic carbocycles. The van der Waals surface area contributed by atoms with Gasteiger partial charge in [-0.1, -0.05) is 91.7 Å². The summed E-state index contributed by atoms with van der Waals surface area (Å²) < 4.78 is 8.41. The van der Waals surface area contributed by atoms with Gasteiger partial charge >= 0.3 is 0 Å². The van der Waals surface area contributed by atoms with E-state index in [0.29, 0.717) is 27.4 Å². The molecule has 0 atom stereocenters. The molecule has 1 aromatic heterocycles. The molecule has 8 heteroatoms. The van der Waals surface area contributed by atoms with Gasteiger partial charge in [-0.25, -0.2) is 4.68 Å². The summed E-state index contributed by atoms with van der Waals surface area (Å²) in [4.78, 5) is 15.5. The summed E-state index contributed by atoms with van der Waals surface area (Å²) in [7, 11) is 0. The van der Waals surface area contributed by atoms with Crippen LogP contribution in [0.2, 0.25) is 5.02 Å². The van der Waals surface area contributed by atoms with Crippen LogP contribution in [0.3, 0.4) is 0 Å². The van der Waals surface area contributed by atoms with Gasteiger partial charge in [-0.15, -0.1) is 0 Å². The molecule has 1 fully saturated rings. The molecule has 1 saturated heterocycles. The molecule has 0 aliphatic carbocycles. The van der Waals surface area contributed by atoms with Crippen LogP contribution in [-0.4, -0.2) is 31.5 Å². The minimum Gasteiger partial charge on any atom is -0.489 e. The van der Waals surface area contributed by atoms with Gasteiger partial charge in [0.05, 0.1) is 16.3 Å². The number of thiocarbonyl (C=S) groups is 1. The molecule has 1 amide bonds. The lowest BCUT2D eigenvalue weighted by Gasteiger charge is -2.13. The van der Waals surface area contributed by atoms with Gasteiger partial charge in [0.1, 0.15) is 16.7 Å². The SMILES string of the molecule is CCCCCN1C(=O)C(=Cc2cn(-c3ccccc3)nc2-c2ccc(OCc3ccccc3Cl)cc2)SC1=S. The monoisotopic (exact) mass is 573 g/mol. The van der Waals surface area contributed by atoms with Crippen molar-refractivity contribution >= 4 is 51.9 Å². The third kappa shape index (κ3) is 6.44. The fraction of sp³-hybridized carbons (Fsp3) is 0.194. The third-order valence-corrected chi connectivity index (χ3v) is 8.14. The van der Waals surface area contributed by atoms with Crippen LogP contribution in [0, 0.1) is 0 Å². The Labute approximate surface area is 243 Å². The van der Waals surface area contributed by atoms with Gasteiger partial charge in [0.15, 0.2) is 0 Å². The number of nitrogens with zero attached hydrogens (tertiary/aromatic N) is 3. The Morgan fingerprint density at radius 2 is 1.74 bits per heavy atom. The van der Waals surface area contributed by atoms with Gasteiger partial charge in [0.25, 0.3) is 5.91 Å². The van der Waals surface area contributed by atoms with E-state index in [0.717, 1.165) is 53.1 Å². The molecule has 0 radical (unpaired) electrons. The van der Waals surface area contributed by atoms with E-state index in [1.54, 1.807) is 4.90 Å². The summed E-state index contributed by atoms with van der Waals surface area (Å²) >= 11 is 13.2. The van der Waals surface area contributed by atoms with Gasteiger partial charge in [-0.3, -0.25) is 9.69 Å². The van der Waals surface area contributed by atoms with Crippen molar-refractivity contribution < 1.29 is 9.53 Å². The van der Waals surface area contributed by atoms with Crippen LogP contribution in [0.15, 0.2) is 90.0 Å². The van der Waals surface area contributed by atoms with Crippen LogP contribution in [0.5, 0.6) is 5.75 Å². The molecular weight excluding hydrogens is 546 g/mol. The number of aromatic nitrogens is 2. The van der Waals surface area contributed by atoms with Crippen molar-refractivity contribution in [3.8, 4) is 22.7 Å². The van der Waals surface area contributed by atoms with Crippen LogP contribution in [-0.2, 0) is 11.4 Å². The molecule has 0 spiro atoms. The van der Waals surface area contributed by atoms with Crippen molar-refractivity contribution in [2.75, 3.05) is 6.54 Å². The molecule has 5 nitrogen and oxygen atoms in total. The van der Waals surface area contributed by atoms with Crippen molar-refractivity contribution in [1.29, 1.82) is 0 Å². The topological polar surface area (TPSA) is 47.4 Å². The number of thioether (sulfide) groups is 1. The highest BCUT2D eigenvalue weighted by molar-refractivity contribution is 8.26. The number of ether oxygens (including phenoxy) is 1. The lowest BCUT2D eigenvalue weighted by molar-refractivity contribution is -0.122. The lowest BCUT2D eigenvalue weighted by Crippen LogP contribution is -2.28. The molecule has 39 heavy (non-hydrogen) atoms. The van der Waals surface area contributed by atoms with Crippen molar-refractivity contribution in [1.82, 2.24) is 14.7 Å². The van der Waals surface area contributed by atoms with E-state index in [4.69, 9.17) is 33.7 Å². The minimum atomic E-state index is -0.0390. The van der Waals surface area contributed by atoms with Gasteiger partial charge in [-0.05, 0) is 55.0 Å². The predicted octanol–water partition coefficient (Wildman–Crippen LogP) is 8.16. The zero-order valence-electron chi connectivity index (χ0n) is 21.5. The summed E-state index contributed by atoms with van der Waals surface area (Å²) in [5, 5.41) is 5.58. The number of rotatable bonds is 10. The summed E-state index contributed by atoms with van der Waals surface area (Å²) in [6.07, 6.45) is 6.97. The van der Waals surface area contributed by atoms with E-state index >= 15 is 0 Å². The number of halogens is 1. The molecule has 1 aliphatic rings. The first-order valence-corrected chi connectivity index (χ1v) is 14.5. The first kappa shape index (κ1) is 27.2. The zero-order chi connectivity index (χ0) is 27.2. The van der Waals surface area contributed by atoms with Gasteiger partial charge in [0, 0.05) is 34.5 Å². The number of benzene rings is 3. The predicted molar refractivity (Wildman–Crippen MR) is 164 cm³/mol. The second-order valence-electron chi connectivity index (χ2n) is 9.16. The fourth-order valence-electron chi connectivity index (χ4n) is 4.27. The molecule has 0 bridgehead atoms. The molecule has 4 aromatic rings. The number of hydrogen-bond acceptors (Lipinski definition) is 5. The van der Waals surface area contributed by atoms with E-state index < -0.39 is 0 Å². The summed E-state index contributed by atoms with van der Waals surface area (Å²) in [5.41, 5.74) is 4.40.